The molecule has 0 heterocycles. The van der Waals surface area contributed by atoms with Gasteiger partial charge in [-0.1, -0.05) is 30.3 Å². The van der Waals surface area contributed by atoms with Crippen LogP contribution >= 0.6 is 0 Å². The van der Waals surface area contributed by atoms with Crippen LogP contribution in [0.1, 0.15) is 58.4 Å². The first-order valence-corrected chi connectivity index (χ1v) is 10.9. The van der Waals surface area contributed by atoms with E-state index < -0.39 is 0 Å². The molecule has 1 unspecified atom stereocenters. The Bertz CT molecular complexity index is 904. The van der Waals surface area contributed by atoms with Crippen molar-refractivity contribution in [3.63, 3.8) is 0 Å². The summed E-state index contributed by atoms with van der Waals surface area (Å²) in [4.78, 5) is 18.1. The first-order chi connectivity index (χ1) is 14.5. The zero-order valence-corrected chi connectivity index (χ0v) is 18.7. The number of aryl methyl sites for hydroxylation is 2. The Hall–Kier alpha value is -2.82. The number of nitrogens with zero attached hydrogens (tertiary/aromatic N) is 2. The van der Waals surface area contributed by atoms with Gasteiger partial charge in [-0.3, -0.25) is 9.79 Å². The lowest BCUT2D eigenvalue weighted by molar-refractivity contribution is 0.0827. The molecule has 5 heteroatoms. The van der Waals surface area contributed by atoms with Gasteiger partial charge in [0.15, 0.2) is 5.96 Å². The van der Waals surface area contributed by atoms with Crippen molar-refractivity contribution in [3.8, 4) is 0 Å². The lowest BCUT2D eigenvalue weighted by Crippen LogP contribution is -2.39. The fourth-order valence-electron chi connectivity index (χ4n) is 3.95. The first-order valence-electron chi connectivity index (χ1n) is 10.9. The summed E-state index contributed by atoms with van der Waals surface area (Å²) in [6.07, 6.45) is 5.83. The van der Waals surface area contributed by atoms with Crippen molar-refractivity contribution in [3.05, 3.63) is 70.3 Å². The number of rotatable bonds is 6. The SMILES string of the molecule is CN=C(NCCc1cccc(C(=O)N(C)C)c1)NC(C)c1ccc2c(c1)CCCC2. The Labute approximate surface area is 180 Å². The molecule has 0 radical (unpaired) electrons. The molecule has 3 rings (SSSR count). The number of amides is 1. The highest BCUT2D eigenvalue weighted by Crippen LogP contribution is 2.24. The molecule has 5 nitrogen and oxygen atoms in total. The van der Waals surface area contributed by atoms with Crippen LogP contribution in [0.2, 0.25) is 0 Å². The summed E-state index contributed by atoms with van der Waals surface area (Å²) >= 11 is 0. The highest BCUT2D eigenvalue weighted by Gasteiger charge is 2.13. The predicted octanol–water partition coefficient (Wildman–Crippen LogP) is 3.74. The zero-order chi connectivity index (χ0) is 21.5. The molecule has 1 aliphatic rings. The predicted molar refractivity (Wildman–Crippen MR) is 124 cm³/mol. The number of carbonyl (C=O) groups is 1. The lowest BCUT2D eigenvalue weighted by atomic mass is 9.89. The lowest BCUT2D eigenvalue weighted by Gasteiger charge is -2.21. The van der Waals surface area contributed by atoms with E-state index in [1.807, 2.05) is 18.2 Å². The van der Waals surface area contributed by atoms with Gasteiger partial charge in [-0.15, -0.1) is 0 Å². The van der Waals surface area contributed by atoms with E-state index >= 15 is 0 Å². The monoisotopic (exact) mass is 406 g/mol. The molecule has 2 aromatic carbocycles. The van der Waals surface area contributed by atoms with Gasteiger partial charge in [0.25, 0.3) is 5.91 Å². The van der Waals surface area contributed by atoms with E-state index in [9.17, 15) is 4.79 Å². The Morgan fingerprint density at radius 3 is 2.60 bits per heavy atom. The summed E-state index contributed by atoms with van der Waals surface area (Å²) in [6.45, 7) is 2.92. The molecule has 30 heavy (non-hydrogen) atoms. The summed E-state index contributed by atoms with van der Waals surface area (Å²) in [5, 5.41) is 6.89. The summed E-state index contributed by atoms with van der Waals surface area (Å²) in [5.74, 6) is 0.821. The largest absolute Gasteiger partial charge is 0.356 e. The van der Waals surface area contributed by atoms with E-state index in [0.29, 0.717) is 0 Å². The van der Waals surface area contributed by atoms with Gasteiger partial charge in [0, 0.05) is 33.3 Å². The van der Waals surface area contributed by atoms with Crippen LogP contribution in [0.15, 0.2) is 47.5 Å². The third-order valence-electron chi connectivity index (χ3n) is 5.74. The first kappa shape index (κ1) is 21.9. The molecular formula is C25H34N4O. The molecule has 0 spiro atoms. The van der Waals surface area contributed by atoms with Crippen molar-refractivity contribution in [1.82, 2.24) is 15.5 Å². The minimum absolute atomic E-state index is 0.0289. The van der Waals surface area contributed by atoms with Crippen LogP contribution in [-0.2, 0) is 19.3 Å². The summed E-state index contributed by atoms with van der Waals surface area (Å²) in [5.41, 5.74) is 6.17. The van der Waals surface area contributed by atoms with Gasteiger partial charge in [0.2, 0.25) is 0 Å². The van der Waals surface area contributed by atoms with E-state index in [1.165, 1.54) is 42.4 Å². The second-order valence-corrected chi connectivity index (χ2v) is 8.25. The average molecular weight is 407 g/mol. The topological polar surface area (TPSA) is 56.7 Å². The number of carbonyl (C=O) groups excluding carboxylic acids is 1. The second-order valence-electron chi connectivity index (χ2n) is 8.25. The minimum Gasteiger partial charge on any atom is -0.356 e. The number of hydrogen-bond acceptors (Lipinski definition) is 2. The number of fused-ring (bicyclic) bond motifs is 1. The Morgan fingerprint density at radius 1 is 1.10 bits per heavy atom. The summed E-state index contributed by atoms with van der Waals surface area (Å²) < 4.78 is 0. The van der Waals surface area contributed by atoms with Gasteiger partial charge in [-0.2, -0.15) is 0 Å². The number of benzene rings is 2. The van der Waals surface area contributed by atoms with Crippen LogP contribution < -0.4 is 10.6 Å². The summed E-state index contributed by atoms with van der Waals surface area (Å²) in [6, 6.07) is 14.9. The molecule has 0 aliphatic heterocycles. The normalized spacial score (nSPS) is 14.6. The fourth-order valence-corrected chi connectivity index (χ4v) is 3.95. The smallest absolute Gasteiger partial charge is 0.253 e. The van der Waals surface area contributed by atoms with Crippen LogP contribution in [0.4, 0.5) is 0 Å². The molecule has 1 amide bonds. The summed E-state index contributed by atoms with van der Waals surface area (Å²) in [7, 11) is 5.34. The molecular weight excluding hydrogens is 372 g/mol. The Kier molecular flexibility index (Phi) is 7.50. The van der Waals surface area contributed by atoms with Crippen molar-refractivity contribution < 1.29 is 4.79 Å². The van der Waals surface area contributed by atoms with Gasteiger partial charge in [-0.25, -0.2) is 0 Å². The van der Waals surface area contributed by atoms with Crippen molar-refractivity contribution in [2.45, 2.75) is 45.1 Å². The minimum atomic E-state index is 0.0289. The number of guanidine groups is 1. The molecule has 160 valence electrons. The van der Waals surface area contributed by atoms with Crippen molar-refractivity contribution in [1.29, 1.82) is 0 Å². The molecule has 0 aromatic heterocycles. The molecule has 0 bridgehead atoms. The van der Waals surface area contributed by atoms with E-state index in [0.717, 1.165) is 30.1 Å². The highest BCUT2D eigenvalue weighted by molar-refractivity contribution is 5.94. The van der Waals surface area contributed by atoms with Gasteiger partial charge >= 0.3 is 0 Å². The maximum Gasteiger partial charge on any atom is 0.253 e. The molecule has 0 saturated carbocycles. The van der Waals surface area contributed by atoms with E-state index in [4.69, 9.17) is 0 Å². The van der Waals surface area contributed by atoms with Gasteiger partial charge in [0.05, 0.1) is 6.04 Å². The standard InChI is InChI=1S/C25H34N4O/c1-18(21-13-12-20-9-5-6-10-22(20)17-21)28-25(26-2)27-15-14-19-8-7-11-23(16-19)24(30)29(3)4/h7-8,11-13,16-18H,5-6,9-10,14-15H2,1-4H3,(H2,26,27,28). The quantitative estimate of drug-likeness (QED) is 0.568. The van der Waals surface area contributed by atoms with Crippen molar-refractivity contribution >= 4 is 11.9 Å². The van der Waals surface area contributed by atoms with E-state index in [-0.39, 0.29) is 11.9 Å². The average Bonchev–Trinajstić information content (AvgIpc) is 2.77. The highest BCUT2D eigenvalue weighted by atomic mass is 16.2. The van der Waals surface area contributed by atoms with Crippen LogP contribution in [-0.4, -0.2) is 44.5 Å². The maximum absolute atomic E-state index is 12.2. The van der Waals surface area contributed by atoms with Crippen molar-refractivity contribution in [2.75, 3.05) is 27.7 Å². The molecule has 0 saturated heterocycles. The third-order valence-corrected chi connectivity index (χ3v) is 5.74. The van der Waals surface area contributed by atoms with Crippen LogP contribution in [0.5, 0.6) is 0 Å². The van der Waals surface area contributed by atoms with Gasteiger partial charge in [0.1, 0.15) is 0 Å². The number of nitrogens with one attached hydrogen (secondary N) is 2. The fraction of sp³-hybridized carbons (Fsp3) is 0.440. The van der Waals surface area contributed by atoms with Crippen molar-refractivity contribution in [2.24, 2.45) is 4.99 Å². The van der Waals surface area contributed by atoms with Crippen LogP contribution in [0.3, 0.4) is 0 Å². The van der Waals surface area contributed by atoms with Gasteiger partial charge < -0.3 is 15.5 Å². The van der Waals surface area contributed by atoms with Crippen LogP contribution in [0, 0.1) is 0 Å². The number of aliphatic imine (C=N–C) groups is 1. The van der Waals surface area contributed by atoms with E-state index in [2.05, 4.69) is 46.8 Å². The Balaban J connectivity index is 1.54. The Morgan fingerprint density at radius 2 is 1.87 bits per heavy atom. The second kappa shape index (κ2) is 10.3. The molecule has 2 aromatic rings. The molecule has 2 N–H and O–H groups in total. The van der Waals surface area contributed by atoms with Crippen LogP contribution in [0.25, 0.3) is 0 Å². The van der Waals surface area contributed by atoms with Gasteiger partial charge in [-0.05, 0) is 73.4 Å². The molecule has 0 fully saturated rings. The molecule has 1 atom stereocenters. The maximum atomic E-state index is 12.2. The molecule has 1 aliphatic carbocycles. The zero-order valence-electron chi connectivity index (χ0n) is 18.7. The third kappa shape index (κ3) is 5.62. The number of hydrogen-bond donors (Lipinski definition) is 2. The van der Waals surface area contributed by atoms with E-state index in [1.54, 1.807) is 26.0 Å².